The standard InChI is InChI=1S/C31H35FN6O2/c1-35(30-33-18-15-28(39)38(30)29(40)23-7-3-2-4-8-23)25-16-19-36(20-17-25)31-34-26-9-5-6-10-27(26)37(31)21-22-11-13-24(32)14-12-22/h5-6,9-15,18,23,25H,2-4,7-8,16-17,19-21H2,1H3. The van der Waals surface area contributed by atoms with Gasteiger partial charge in [-0.25, -0.2) is 18.9 Å². The molecule has 1 aliphatic heterocycles. The number of hydrogen-bond acceptors (Lipinski definition) is 6. The van der Waals surface area contributed by atoms with Crippen molar-refractivity contribution in [2.45, 2.75) is 57.5 Å². The first-order chi connectivity index (χ1) is 19.5. The van der Waals surface area contributed by atoms with Crippen LogP contribution in [-0.2, 0) is 6.54 Å². The van der Waals surface area contributed by atoms with E-state index in [0.717, 1.165) is 80.6 Å². The lowest BCUT2D eigenvalue weighted by Crippen LogP contribution is -2.47. The maximum absolute atomic E-state index is 13.5. The van der Waals surface area contributed by atoms with Crippen molar-refractivity contribution in [3.63, 3.8) is 0 Å². The fourth-order valence-electron chi connectivity index (χ4n) is 6.24. The molecule has 9 heteroatoms. The molecule has 40 heavy (non-hydrogen) atoms. The summed E-state index contributed by atoms with van der Waals surface area (Å²) in [5.74, 6) is 0.855. The van der Waals surface area contributed by atoms with Crippen LogP contribution in [0.5, 0.6) is 0 Å². The van der Waals surface area contributed by atoms with Gasteiger partial charge in [0.2, 0.25) is 17.8 Å². The number of carbonyl (C=O) groups excluding carboxylic acids is 1. The topological polar surface area (TPSA) is 76.3 Å². The highest BCUT2D eigenvalue weighted by Crippen LogP contribution is 2.30. The average Bonchev–Trinajstić information content (AvgIpc) is 3.36. The lowest BCUT2D eigenvalue weighted by molar-refractivity contribution is 0.0797. The van der Waals surface area contributed by atoms with E-state index >= 15 is 0 Å². The van der Waals surface area contributed by atoms with Crippen molar-refractivity contribution < 1.29 is 9.18 Å². The van der Waals surface area contributed by atoms with Gasteiger partial charge in [-0.15, -0.1) is 0 Å². The largest absolute Gasteiger partial charge is 0.342 e. The van der Waals surface area contributed by atoms with Gasteiger partial charge in [-0.3, -0.25) is 9.59 Å². The Morgan fingerprint density at radius 3 is 2.45 bits per heavy atom. The Balaban J connectivity index is 1.22. The zero-order chi connectivity index (χ0) is 27.6. The molecule has 0 bridgehead atoms. The Labute approximate surface area is 233 Å². The zero-order valence-electron chi connectivity index (χ0n) is 22.9. The van der Waals surface area contributed by atoms with Gasteiger partial charge in [0, 0.05) is 44.4 Å². The molecule has 0 N–H and O–H groups in total. The van der Waals surface area contributed by atoms with Crippen molar-refractivity contribution in [3.8, 4) is 0 Å². The van der Waals surface area contributed by atoms with Gasteiger partial charge in [-0.2, -0.15) is 0 Å². The first-order valence-electron chi connectivity index (χ1n) is 14.3. The van der Waals surface area contributed by atoms with E-state index in [2.05, 4.69) is 20.5 Å². The lowest BCUT2D eigenvalue weighted by Gasteiger charge is -2.38. The Morgan fingerprint density at radius 2 is 1.70 bits per heavy atom. The summed E-state index contributed by atoms with van der Waals surface area (Å²) in [6.45, 7) is 2.14. The Hall–Kier alpha value is -4.01. The van der Waals surface area contributed by atoms with Crippen LogP contribution in [0.4, 0.5) is 16.3 Å². The van der Waals surface area contributed by atoms with E-state index in [1.807, 2.05) is 42.3 Å². The van der Waals surface area contributed by atoms with Crippen LogP contribution in [-0.4, -0.2) is 51.2 Å². The van der Waals surface area contributed by atoms with Crippen molar-refractivity contribution in [3.05, 3.63) is 82.5 Å². The number of nitrogens with zero attached hydrogens (tertiary/aromatic N) is 6. The zero-order valence-corrected chi connectivity index (χ0v) is 22.9. The SMILES string of the molecule is CN(c1nccc(=O)n1C(=O)C1CCCCC1)C1CCN(c2nc3ccccc3n2Cc2ccc(F)cc2)CC1. The van der Waals surface area contributed by atoms with Gasteiger partial charge in [0.15, 0.2) is 0 Å². The average molecular weight is 543 g/mol. The smallest absolute Gasteiger partial charge is 0.261 e. The molecule has 208 valence electrons. The van der Waals surface area contributed by atoms with E-state index in [9.17, 15) is 14.0 Å². The monoisotopic (exact) mass is 542 g/mol. The summed E-state index contributed by atoms with van der Waals surface area (Å²) in [5, 5.41) is 0. The van der Waals surface area contributed by atoms with Crippen LogP contribution in [0.2, 0.25) is 0 Å². The summed E-state index contributed by atoms with van der Waals surface area (Å²) in [6.07, 6.45) is 8.04. The maximum atomic E-state index is 13.5. The summed E-state index contributed by atoms with van der Waals surface area (Å²) < 4.78 is 17.0. The van der Waals surface area contributed by atoms with E-state index in [1.54, 1.807) is 0 Å². The van der Waals surface area contributed by atoms with Crippen molar-refractivity contribution in [1.82, 2.24) is 19.1 Å². The summed E-state index contributed by atoms with van der Waals surface area (Å²) in [7, 11) is 1.94. The number of benzene rings is 2. The molecule has 2 aliphatic rings. The molecule has 1 aliphatic carbocycles. The Kier molecular flexibility index (Phi) is 7.36. The van der Waals surface area contributed by atoms with Gasteiger partial charge in [0.05, 0.1) is 17.6 Å². The van der Waals surface area contributed by atoms with Gasteiger partial charge < -0.3 is 14.4 Å². The van der Waals surface area contributed by atoms with Crippen LogP contribution in [0.1, 0.15) is 55.3 Å². The molecule has 2 fully saturated rings. The van der Waals surface area contributed by atoms with Crippen molar-refractivity contribution >= 4 is 28.8 Å². The van der Waals surface area contributed by atoms with Crippen LogP contribution >= 0.6 is 0 Å². The second-order valence-electron chi connectivity index (χ2n) is 11.0. The van der Waals surface area contributed by atoms with E-state index in [4.69, 9.17) is 4.98 Å². The Morgan fingerprint density at radius 1 is 0.975 bits per heavy atom. The molecule has 1 saturated heterocycles. The lowest BCUT2D eigenvalue weighted by atomic mass is 9.88. The quantitative estimate of drug-likeness (QED) is 0.337. The number of carbonyl (C=O) groups is 1. The van der Waals surface area contributed by atoms with Crippen LogP contribution in [0.25, 0.3) is 11.0 Å². The van der Waals surface area contributed by atoms with E-state index in [-0.39, 0.29) is 29.2 Å². The highest BCUT2D eigenvalue weighted by Gasteiger charge is 2.31. The highest BCUT2D eigenvalue weighted by molar-refractivity contribution is 5.84. The Bertz CT molecular complexity index is 1550. The number of rotatable bonds is 6. The van der Waals surface area contributed by atoms with Crippen LogP contribution in [0.15, 0.2) is 65.6 Å². The molecule has 0 spiro atoms. The van der Waals surface area contributed by atoms with Crippen LogP contribution in [0, 0.1) is 11.7 Å². The van der Waals surface area contributed by atoms with E-state index < -0.39 is 0 Å². The van der Waals surface area contributed by atoms with Crippen LogP contribution < -0.4 is 15.4 Å². The van der Waals surface area contributed by atoms with Gasteiger partial charge >= 0.3 is 0 Å². The molecule has 0 atom stereocenters. The summed E-state index contributed by atoms with van der Waals surface area (Å²) in [5.41, 5.74) is 2.67. The van der Waals surface area contributed by atoms with E-state index in [1.165, 1.54) is 29.0 Å². The number of para-hydroxylation sites is 2. The second kappa shape index (κ2) is 11.2. The molecule has 1 saturated carbocycles. The predicted octanol–water partition coefficient (Wildman–Crippen LogP) is 5.11. The second-order valence-corrected chi connectivity index (χ2v) is 11.0. The number of piperidine rings is 1. The molecule has 0 radical (unpaired) electrons. The predicted molar refractivity (Wildman–Crippen MR) is 155 cm³/mol. The third kappa shape index (κ3) is 5.12. The van der Waals surface area contributed by atoms with Crippen molar-refractivity contribution in [2.24, 2.45) is 5.92 Å². The molecule has 2 aromatic carbocycles. The summed E-state index contributed by atoms with van der Waals surface area (Å²) in [4.78, 5) is 40.1. The minimum absolute atomic E-state index is 0.112. The minimum Gasteiger partial charge on any atom is -0.342 e. The molecule has 2 aromatic heterocycles. The van der Waals surface area contributed by atoms with Gasteiger partial charge in [0.1, 0.15) is 5.82 Å². The number of imidazole rings is 1. The first kappa shape index (κ1) is 26.2. The van der Waals surface area contributed by atoms with E-state index in [0.29, 0.717) is 12.5 Å². The number of hydrogen-bond donors (Lipinski definition) is 0. The van der Waals surface area contributed by atoms with Crippen molar-refractivity contribution in [2.75, 3.05) is 29.9 Å². The number of anilines is 2. The molecule has 0 unspecified atom stereocenters. The summed E-state index contributed by atoms with van der Waals surface area (Å²) >= 11 is 0. The molecule has 8 nitrogen and oxygen atoms in total. The third-order valence-corrected chi connectivity index (χ3v) is 8.50. The molecule has 4 aromatic rings. The first-order valence-corrected chi connectivity index (χ1v) is 14.3. The normalized spacial score (nSPS) is 16.9. The number of fused-ring (bicyclic) bond motifs is 1. The number of halogens is 1. The number of aromatic nitrogens is 4. The maximum Gasteiger partial charge on any atom is 0.261 e. The fourth-order valence-corrected chi connectivity index (χ4v) is 6.24. The molecule has 3 heterocycles. The van der Waals surface area contributed by atoms with Gasteiger partial charge in [-0.05, 0) is 55.5 Å². The third-order valence-electron chi connectivity index (χ3n) is 8.50. The highest BCUT2D eigenvalue weighted by atomic mass is 19.1. The van der Waals surface area contributed by atoms with Gasteiger partial charge in [-0.1, -0.05) is 43.5 Å². The minimum atomic E-state index is -0.306. The molecular formula is C31H35FN6O2. The molecule has 0 amide bonds. The van der Waals surface area contributed by atoms with Gasteiger partial charge in [0.25, 0.3) is 5.56 Å². The molecular weight excluding hydrogens is 507 g/mol. The van der Waals surface area contributed by atoms with Crippen molar-refractivity contribution in [1.29, 1.82) is 0 Å². The van der Waals surface area contributed by atoms with Crippen LogP contribution in [0.3, 0.4) is 0 Å². The fraction of sp³-hybridized carbons (Fsp3) is 0.419. The molecule has 6 rings (SSSR count). The summed E-state index contributed by atoms with van der Waals surface area (Å²) in [6, 6.07) is 16.2.